The van der Waals surface area contributed by atoms with E-state index in [1.807, 2.05) is 0 Å². The Morgan fingerprint density at radius 2 is 2.11 bits per heavy atom. The fourth-order valence-corrected chi connectivity index (χ4v) is 2.49. The topological polar surface area (TPSA) is 92.4 Å². The van der Waals surface area contributed by atoms with Crippen molar-refractivity contribution in [2.24, 2.45) is 11.7 Å². The van der Waals surface area contributed by atoms with E-state index in [2.05, 4.69) is 5.32 Å². The molecule has 5 heteroatoms. The first-order valence-electron chi connectivity index (χ1n) is 6.38. The molecule has 1 aromatic rings. The maximum Gasteiger partial charge on any atom is 0.336 e. The molecule has 0 aromatic heterocycles. The van der Waals surface area contributed by atoms with Gasteiger partial charge < -0.3 is 16.2 Å². The molecule has 102 valence electrons. The van der Waals surface area contributed by atoms with Crippen LogP contribution >= 0.6 is 0 Å². The van der Waals surface area contributed by atoms with E-state index in [4.69, 9.17) is 10.8 Å². The lowest BCUT2D eigenvalue weighted by atomic mass is 10.0. The van der Waals surface area contributed by atoms with Crippen LogP contribution in [0, 0.1) is 12.8 Å². The molecular weight excluding hydrogens is 244 g/mol. The van der Waals surface area contributed by atoms with Crippen LogP contribution in [0.2, 0.25) is 0 Å². The molecule has 2 atom stereocenters. The molecule has 2 unspecified atom stereocenters. The average molecular weight is 262 g/mol. The second-order valence-electron chi connectivity index (χ2n) is 5.04. The first-order chi connectivity index (χ1) is 8.99. The van der Waals surface area contributed by atoms with Crippen molar-refractivity contribution >= 4 is 17.6 Å². The van der Waals surface area contributed by atoms with Gasteiger partial charge in [0.25, 0.3) is 0 Å². The number of amides is 1. The number of carbonyl (C=O) groups is 2. The number of nitrogens with two attached hydrogens (primary N) is 1. The van der Waals surface area contributed by atoms with Gasteiger partial charge in [-0.15, -0.1) is 0 Å². The van der Waals surface area contributed by atoms with Crippen molar-refractivity contribution in [1.82, 2.24) is 0 Å². The number of carboxylic acid groups (broad SMARTS) is 1. The van der Waals surface area contributed by atoms with Crippen molar-refractivity contribution in [3.05, 3.63) is 29.3 Å². The lowest BCUT2D eigenvalue weighted by Crippen LogP contribution is -2.23. The molecule has 0 radical (unpaired) electrons. The zero-order chi connectivity index (χ0) is 14.0. The van der Waals surface area contributed by atoms with Crippen molar-refractivity contribution < 1.29 is 14.7 Å². The Bertz CT molecular complexity index is 513. The molecule has 0 heterocycles. The fraction of sp³-hybridized carbons (Fsp3) is 0.429. The summed E-state index contributed by atoms with van der Waals surface area (Å²) in [6.07, 6.45) is 2.36. The second kappa shape index (κ2) is 5.40. The van der Waals surface area contributed by atoms with Crippen LogP contribution in [-0.4, -0.2) is 23.0 Å². The number of aromatic carboxylic acids is 1. The Morgan fingerprint density at radius 1 is 1.37 bits per heavy atom. The van der Waals surface area contributed by atoms with Gasteiger partial charge in [0, 0.05) is 17.6 Å². The van der Waals surface area contributed by atoms with Crippen molar-refractivity contribution in [3.63, 3.8) is 0 Å². The van der Waals surface area contributed by atoms with E-state index < -0.39 is 5.97 Å². The van der Waals surface area contributed by atoms with Gasteiger partial charge in [-0.3, -0.25) is 4.79 Å². The second-order valence-corrected chi connectivity index (χ2v) is 5.04. The van der Waals surface area contributed by atoms with Crippen LogP contribution in [0.3, 0.4) is 0 Å². The van der Waals surface area contributed by atoms with Gasteiger partial charge in [-0.2, -0.15) is 0 Å². The molecule has 1 aliphatic rings. The van der Waals surface area contributed by atoms with E-state index >= 15 is 0 Å². The van der Waals surface area contributed by atoms with Crippen LogP contribution in [0.25, 0.3) is 0 Å². The summed E-state index contributed by atoms with van der Waals surface area (Å²) >= 11 is 0. The molecule has 1 aliphatic carbocycles. The number of benzene rings is 1. The van der Waals surface area contributed by atoms with Crippen LogP contribution in [0.5, 0.6) is 0 Å². The Kier molecular flexibility index (Phi) is 3.85. The highest BCUT2D eigenvalue weighted by Gasteiger charge is 2.28. The summed E-state index contributed by atoms with van der Waals surface area (Å²) in [7, 11) is 0. The molecule has 0 spiro atoms. The summed E-state index contributed by atoms with van der Waals surface area (Å²) < 4.78 is 0. The summed E-state index contributed by atoms with van der Waals surface area (Å²) in [5.41, 5.74) is 7.14. The first kappa shape index (κ1) is 13.5. The van der Waals surface area contributed by atoms with Crippen LogP contribution in [-0.2, 0) is 4.79 Å². The Labute approximate surface area is 111 Å². The molecule has 1 saturated carbocycles. The molecule has 1 aromatic carbocycles. The summed E-state index contributed by atoms with van der Waals surface area (Å²) in [4.78, 5) is 23.1. The van der Waals surface area contributed by atoms with Gasteiger partial charge in [-0.05, 0) is 43.9 Å². The van der Waals surface area contributed by atoms with Crippen molar-refractivity contribution in [2.45, 2.75) is 32.2 Å². The van der Waals surface area contributed by atoms with E-state index in [-0.39, 0.29) is 23.4 Å². The Hall–Kier alpha value is -1.88. The van der Waals surface area contributed by atoms with E-state index in [0.29, 0.717) is 17.7 Å². The third-order valence-corrected chi connectivity index (χ3v) is 3.67. The minimum absolute atomic E-state index is 0.0668. The molecule has 0 aliphatic heterocycles. The lowest BCUT2D eigenvalue weighted by Gasteiger charge is -2.13. The summed E-state index contributed by atoms with van der Waals surface area (Å²) in [5, 5.41) is 11.9. The van der Waals surface area contributed by atoms with Crippen LogP contribution < -0.4 is 11.1 Å². The van der Waals surface area contributed by atoms with Crippen LogP contribution in [0.4, 0.5) is 5.69 Å². The monoisotopic (exact) mass is 262 g/mol. The number of anilines is 1. The molecule has 19 heavy (non-hydrogen) atoms. The van der Waals surface area contributed by atoms with E-state index in [9.17, 15) is 9.59 Å². The normalized spacial score (nSPS) is 22.2. The van der Waals surface area contributed by atoms with Gasteiger partial charge in [-0.25, -0.2) is 4.79 Å². The van der Waals surface area contributed by atoms with Gasteiger partial charge in [-0.1, -0.05) is 6.07 Å². The maximum atomic E-state index is 12.1. The van der Waals surface area contributed by atoms with Crippen LogP contribution in [0.15, 0.2) is 18.2 Å². The fourth-order valence-electron chi connectivity index (χ4n) is 2.49. The largest absolute Gasteiger partial charge is 0.478 e. The molecular formula is C14H18N2O3. The molecule has 2 rings (SSSR count). The highest BCUT2D eigenvalue weighted by molar-refractivity contribution is 5.97. The molecule has 1 amide bonds. The Balaban J connectivity index is 2.13. The third kappa shape index (κ3) is 2.93. The van der Waals surface area contributed by atoms with E-state index in [1.54, 1.807) is 19.1 Å². The van der Waals surface area contributed by atoms with E-state index in [1.165, 1.54) is 6.07 Å². The SMILES string of the molecule is Cc1c(NC(=O)C2CCC(N)C2)cccc1C(=O)O. The van der Waals surface area contributed by atoms with Gasteiger partial charge >= 0.3 is 5.97 Å². The summed E-state index contributed by atoms with van der Waals surface area (Å²) in [5.74, 6) is -1.13. The zero-order valence-corrected chi connectivity index (χ0v) is 10.8. The molecule has 0 saturated heterocycles. The number of nitrogens with one attached hydrogen (secondary N) is 1. The smallest absolute Gasteiger partial charge is 0.336 e. The van der Waals surface area contributed by atoms with Crippen molar-refractivity contribution in [1.29, 1.82) is 0 Å². The van der Waals surface area contributed by atoms with Gasteiger partial charge in [0.2, 0.25) is 5.91 Å². The molecule has 0 bridgehead atoms. The first-order valence-corrected chi connectivity index (χ1v) is 6.38. The highest BCUT2D eigenvalue weighted by atomic mass is 16.4. The molecule has 4 N–H and O–H groups in total. The maximum absolute atomic E-state index is 12.1. The number of carbonyl (C=O) groups excluding carboxylic acids is 1. The molecule has 5 nitrogen and oxygen atoms in total. The number of rotatable bonds is 3. The zero-order valence-electron chi connectivity index (χ0n) is 10.8. The number of hydrogen-bond acceptors (Lipinski definition) is 3. The highest BCUT2D eigenvalue weighted by Crippen LogP contribution is 2.26. The van der Waals surface area contributed by atoms with Gasteiger partial charge in [0.05, 0.1) is 5.56 Å². The molecule has 1 fully saturated rings. The summed E-state index contributed by atoms with van der Waals surface area (Å²) in [6.45, 7) is 1.69. The predicted octanol–water partition coefficient (Wildman–Crippen LogP) is 1.76. The summed E-state index contributed by atoms with van der Waals surface area (Å²) in [6, 6.07) is 4.97. The van der Waals surface area contributed by atoms with Crippen molar-refractivity contribution in [3.8, 4) is 0 Å². The van der Waals surface area contributed by atoms with Gasteiger partial charge in [0.15, 0.2) is 0 Å². The lowest BCUT2D eigenvalue weighted by molar-refractivity contribution is -0.119. The quantitative estimate of drug-likeness (QED) is 0.773. The number of carboxylic acids is 1. The minimum Gasteiger partial charge on any atom is -0.478 e. The van der Waals surface area contributed by atoms with Crippen molar-refractivity contribution in [2.75, 3.05) is 5.32 Å². The average Bonchev–Trinajstić information content (AvgIpc) is 2.78. The van der Waals surface area contributed by atoms with Gasteiger partial charge in [0.1, 0.15) is 0 Å². The third-order valence-electron chi connectivity index (χ3n) is 3.67. The minimum atomic E-state index is -0.989. The standard InChI is InChI=1S/C14H18N2O3/c1-8-11(14(18)19)3-2-4-12(8)16-13(17)9-5-6-10(15)7-9/h2-4,9-10H,5-7,15H2,1H3,(H,16,17)(H,18,19). The number of hydrogen-bond donors (Lipinski definition) is 3. The Morgan fingerprint density at radius 3 is 2.68 bits per heavy atom. The van der Waals surface area contributed by atoms with Crippen LogP contribution in [0.1, 0.15) is 35.2 Å². The van der Waals surface area contributed by atoms with E-state index in [0.717, 1.165) is 12.8 Å². The predicted molar refractivity (Wildman–Crippen MR) is 72.1 cm³/mol.